The summed E-state index contributed by atoms with van der Waals surface area (Å²) in [6, 6.07) is 3.81. The van der Waals surface area contributed by atoms with Gasteiger partial charge in [-0.25, -0.2) is 0 Å². The number of nitrogens with zero attached hydrogens (tertiary/aromatic N) is 2. The van der Waals surface area contributed by atoms with Crippen molar-refractivity contribution in [3.63, 3.8) is 0 Å². The number of nitrogens with one attached hydrogen (secondary N) is 2. The predicted molar refractivity (Wildman–Crippen MR) is 112 cm³/mol. The van der Waals surface area contributed by atoms with Gasteiger partial charge in [0.15, 0.2) is 5.96 Å². The molecule has 1 aromatic heterocycles. The monoisotopic (exact) mass is 432 g/mol. The number of halogens is 3. The Bertz CT molecular complexity index is 586. The Morgan fingerprint density at radius 2 is 2.03 bits per heavy atom. The van der Waals surface area contributed by atoms with Crippen molar-refractivity contribution in [2.45, 2.75) is 45.2 Å². The van der Waals surface area contributed by atoms with Gasteiger partial charge >= 0.3 is 6.18 Å². The van der Waals surface area contributed by atoms with E-state index in [9.17, 15) is 13.2 Å². The first-order valence-electron chi connectivity index (χ1n) is 10.9. The lowest BCUT2D eigenvalue weighted by Gasteiger charge is -2.32. The molecule has 0 bridgehead atoms. The Hall–Kier alpha value is -1.74. The van der Waals surface area contributed by atoms with Gasteiger partial charge in [-0.15, -0.1) is 0 Å². The van der Waals surface area contributed by atoms with E-state index in [4.69, 9.17) is 9.15 Å². The fourth-order valence-corrected chi connectivity index (χ4v) is 3.52. The van der Waals surface area contributed by atoms with E-state index in [1.807, 2.05) is 19.1 Å². The first-order valence-corrected chi connectivity index (χ1v) is 10.9. The van der Waals surface area contributed by atoms with E-state index in [1.54, 1.807) is 6.26 Å². The SMILES string of the molecule is CCOCCCN=C(NCCc1ccco1)NCCC1CCN(CC(F)(F)F)CC1. The van der Waals surface area contributed by atoms with Gasteiger partial charge in [-0.2, -0.15) is 13.2 Å². The average molecular weight is 433 g/mol. The van der Waals surface area contributed by atoms with Gasteiger partial charge in [0.25, 0.3) is 0 Å². The molecule has 2 heterocycles. The van der Waals surface area contributed by atoms with Crippen molar-refractivity contribution in [3.8, 4) is 0 Å². The number of likely N-dealkylation sites (tertiary alicyclic amines) is 1. The molecule has 0 unspecified atom stereocenters. The van der Waals surface area contributed by atoms with Gasteiger partial charge in [0.05, 0.1) is 12.8 Å². The zero-order valence-electron chi connectivity index (χ0n) is 17.8. The summed E-state index contributed by atoms with van der Waals surface area (Å²) in [6.07, 6.45) is 1.73. The van der Waals surface area contributed by atoms with Crippen molar-refractivity contribution in [2.75, 3.05) is 52.5 Å². The second kappa shape index (κ2) is 13.5. The third-order valence-electron chi connectivity index (χ3n) is 5.12. The Labute approximate surface area is 177 Å². The fourth-order valence-electron chi connectivity index (χ4n) is 3.52. The highest BCUT2D eigenvalue weighted by Gasteiger charge is 2.32. The normalized spacial score (nSPS) is 16.7. The Kier molecular flexibility index (Phi) is 11.1. The first-order chi connectivity index (χ1) is 14.5. The molecule has 9 heteroatoms. The average Bonchev–Trinajstić information content (AvgIpc) is 3.21. The number of piperidine rings is 1. The van der Waals surface area contributed by atoms with Gasteiger partial charge in [0.1, 0.15) is 5.76 Å². The van der Waals surface area contributed by atoms with E-state index in [2.05, 4.69) is 15.6 Å². The third kappa shape index (κ3) is 10.9. The van der Waals surface area contributed by atoms with Crippen molar-refractivity contribution in [3.05, 3.63) is 24.2 Å². The second-order valence-electron chi connectivity index (χ2n) is 7.59. The number of ether oxygens (including phenoxy) is 1. The molecule has 1 aliphatic heterocycles. The van der Waals surface area contributed by atoms with Crippen LogP contribution in [-0.4, -0.2) is 69.5 Å². The lowest BCUT2D eigenvalue weighted by atomic mass is 9.93. The molecular formula is C21H35F3N4O2. The molecule has 0 aromatic carbocycles. The van der Waals surface area contributed by atoms with Crippen LogP contribution in [0.3, 0.4) is 0 Å². The minimum absolute atomic E-state index is 0.448. The molecule has 0 amide bonds. The highest BCUT2D eigenvalue weighted by molar-refractivity contribution is 5.79. The van der Waals surface area contributed by atoms with Crippen molar-refractivity contribution in [1.82, 2.24) is 15.5 Å². The molecule has 0 atom stereocenters. The zero-order chi connectivity index (χ0) is 21.7. The molecule has 0 aliphatic carbocycles. The molecule has 0 radical (unpaired) electrons. The number of rotatable bonds is 12. The first kappa shape index (κ1) is 24.5. The van der Waals surface area contributed by atoms with Gasteiger partial charge in [-0.1, -0.05) is 0 Å². The van der Waals surface area contributed by atoms with Crippen LogP contribution in [0.4, 0.5) is 13.2 Å². The Morgan fingerprint density at radius 1 is 1.27 bits per heavy atom. The van der Waals surface area contributed by atoms with Crippen molar-refractivity contribution in [1.29, 1.82) is 0 Å². The second-order valence-corrected chi connectivity index (χ2v) is 7.59. The quantitative estimate of drug-likeness (QED) is 0.301. The summed E-state index contributed by atoms with van der Waals surface area (Å²) < 4.78 is 48.2. The molecular weight excluding hydrogens is 397 g/mol. The molecule has 0 saturated carbocycles. The number of aliphatic imine (C=N–C) groups is 1. The molecule has 2 N–H and O–H groups in total. The Balaban J connectivity index is 1.68. The van der Waals surface area contributed by atoms with Gasteiger partial charge in [-0.3, -0.25) is 9.89 Å². The van der Waals surface area contributed by atoms with E-state index in [-0.39, 0.29) is 0 Å². The lowest BCUT2D eigenvalue weighted by molar-refractivity contribution is -0.148. The summed E-state index contributed by atoms with van der Waals surface area (Å²) in [7, 11) is 0. The van der Waals surface area contributed by atoms with Crippen LogP contribution in [0, 0.1) is 5.92 Å². The number of guanidine groups is 1. The van der Waals surface area contributed by atoms with Crippen LogP contribution in [0.5, 0.6) is 0 Å². The van der Waals surface area contributed by atoms with Crippen LogP contribution < -0.4 is 10.6 Å². The Morgan fingerprint density at radius 3 is 2.70 bits per heavy atom. The van der Waals surface area contributed by atoms with Gasteiger partial charge in [0.2, 0.25) is 0 Å². The smallest absolute Gasteiger partial charge is 0.401 e. The maximum absolute atomic E-state index is 12.5. The predicted octanol–water partition coefficient (Wildman–Crippen LogP) is 3.45. The van der Waals surface area contributed by atoms with Gasteiger partial charge < -0.3 is 19.8 Å². The highest BCUT2D eigenvalue weighted by atomic mass is 19.4. The molecule has 6 nitrogen and oxygen atoms in total. The van der Waals surface area contributed by atoms with Crippen molar-refractivity contribution >= 4 is 5.96 Å². The van der Waals surface area contributed by atoms with E-state index in [1.165, 1.54) is 4.90 Å². The van der Waals surface area contributed by atoms with Crippen molar-refractivity contribution in [2.24, 2.45) is 10.9 Å². The number of hydrogen-bond acceptors (Lipinski definition) is 4. The van der Waals surface area contributed by atoms with Gasteiger partial charge in [-0.05, 0) is 63.7 Å². The minimum Gasteiger partial charge on any atom is -0.469 e. The molecule has 1 aromatic rings. The van der Waals surface area contributed by atoms with Crippen LogP contribution in [-0.2, 0) is 11.2 Å². The van der Waals surface area contributed by atoms with Crippen LogP contribution in [0.2, 0.25) is 0 Å². The van der Waals surface area contributed by atoms with E-state index >= 15 is 0 Å². The summed E-state index contributed by atoms with van der Waals surface area (Å²) in [6.45, 7) is 5.74. The van der Waals surface area contributed by atoms with Crippen LogP contribution in [0.15, 0.2) is 27.8 Å². The molecule has 1 aliphatic rings. The summed E-state index contributed by atoms with van der Waals surface area (Å²) in [4.78, 5) is 6.11. The lowest BCUT2D eigenvalue weighted by Crippen LogP contribution is -2.42. The van der Waals surface area contributed by atoms with Crippen LogP contribution in [0.25, 0.3) is 0 Å². The molecule has 1 saturated heterocycles. The van der Waals surface area contributed by atoms with E-state index in [0.717, 1.165) is 50.4 Å². The maximum Gasteiger partial charge on any atom is 0.401 e. The maximum atomic E-state index is 12.5. The van der Waals surface area contributed by atoms with Crippen LogP contribution >= 0.6 is 0 Å². The molecule has 2 rings (SSSR count). The summed E-state index contributed by atoms with van der Waals surface area (Å²) in [5.41, 5.74) is 0. The van der Waals surface area contributed by atoms with E-state index < -0.39 is 12.7 Å². The number of alkyl halides is 3. The minimum atomic E-state index is -4.11. The molecule has 172 valence electrons. The highest BCUT2D eigenvalue weighted by Crippen LogP contribution is 2.23. The van der Waals surface area contributed by atoms with E-state index in [0.29, 0.717) is 45.3 Å². The third-order valence-corrected chi connectivity index (χ3v) is 5.12. The standard InChI is InChI=1S/C21H35F3N4O2/c1-2-29-15-4-10-25-20(27-12-7-19-5-3-16-30-19)26-11-6-18-8-13-28(14-9-18)17-21(22,23)24/h3,5,16,18H,2,4,6-15,17H2,1H3,(H2,25,26,27). The number of hydrogen-bond donors (Lipinski definition) is 2. The molecule has 1 fully saturated rings. The van der Waals surface area contributed by atoms with Crippen LogP contribution in [0.1, 0.15) is 38.4 Å². The van der Waals surface area contributed by atoms with Crippen molar-refractivity contribution < 1.29 is 22.3 Å². The number of furan rings is 1. The summed E-state index contributed by atoms with van der Waals surface area (Å²) in [5, 5.41) is 6.69. The van der Waals surface area contributed by atoms with Gasteiger partial charge in [0, 0.05) is 39.3 Å². The topological polar surface area (TPSA) is 62.0 Å². The summed E-state index contributed by atoms with van der Waals surface area (Å²) >= 11 is 0. The largest absolute Gasteiger partial charge is 0.469 e. The fraction of sp³-hybridized carbons (Fsp3) is 0.762. The zero-order valence-corrected chi connectivity index (χ0v) is 17.8. The molecule has 30 heavy (non-hydrogen) atoms. The molecule has 0 spiro atoms. The summed E-state index contributed by atoms with van der Waals surface area (Å²) in [5.74, 6) is 2.13.